The second-order valence-electron chi connectivity index (χ2n) is 9.98. The molecule has 5 nitrogen and oxygen atoms in total. The Kier molecular flexibility index (Phi) is 10.8. The van der Waals surface area contributed by atoms with Gasteiger partial charge in [-0.2, -0.15) is 0 Å². The van der Waals surface area contributed by atoms with Crippen LogP contribution in [0.4, 0.5) is 0 Å². The van der Waals surface area contributed by atoms with Gasteiger partial charge in [0, 0.05) is 19.5 Å². The molecule has 0 aliphatic heterocycles. The summed E-state index contributed by atoms with van der Waals surface area (Å²) < 4.78 is 6.76. The third-order valence-electron chi connectivity index (χ3n) is 6.13. The monoisotopic (exact) mass is 564 g/mol. The summed E-state index contributed by atoms with van der Waals surface area (Å²) in [5.41, 5.74) is 3.13. The van der Waals surface area contributed by atoms with Crippen molar-refractivity contribution in [3.63, 3.8) is 0 Å². The van der Waals surface area contributed by atoms with Crippen LogP contribution in [0, 0.1) is 5.92 Å². The number of carbonyl (C=O) groups is 2. The zero-order valence-electron chi connectivity index (χ0n) is 22.1. The first-order valence-corrected chi connectivity index (χ1v) is 13.6. The van der Waals surface area contributed by atoms with Gasteiger partial charge in [-0.15, -0.1) is 0 Å². The molecule has 2 amide bonds. The second kappa shape index (κ2) is 14.0. The Hall–Kier alpha value is -3.12. The SMILES string of the molecule is CC(C)CNC(=O)C(Cc1ccccc1)N(Cc1ccccc1)C(=O)COc1ccc(C(C)C)cc1Br. The Bertz CT molecular complexity index is 1150. The van der Waals surface area contributed by atoms with Crippen molar-refractivity contribution in [2.24, 2.45) is 5.92 Å². The summed E-state index contributed by atoms with van der Waals surface area (Å²) in [7, 11) is 0. The van der Waals surface area contributed by atoms with Gasteiger partial charge >= 0.3 is 0 Å². The molecule has 1 N–H and O–H groups in total. The molecule has 0 saturated carbocycles. The number of rotatable bonds is 12. The molecular weight excluding hydrogens is 528 g/mol. The number of amides is 2. The largest absolute Gasteiger partial charge is 0.483 e. The lowest BCUT2D eigenvalue weighted by Gasteiger charge is -2.31. The molecular formula is C31H37BrN2O3. The maximum absolute atomic E-state index is 13.7. The first-order chi connectivity index (χ1) is 17.7. The number of hydrogen-bond donors (Lipinski definition) is 1. The maximum atomic E-state index is 13.7. The van der Waals surface area contributed by atoms with Crippen LogP contribution in [0.1, 0.15) is 50.3 Å². The Labute approximate surface area is 229 Å². The zero-order chi connectivity index (χ0) is 26.8. The van der Waals surface area contributed by atoms with Crippen molar-refractivity contribution in [2.75, 3.05) is 13.2 Å². The number of halogens is 1. The third-order valence-corrected chi connectivity index (χ3v) is 6.74. The van der Waals surface area contributed by atoms with E-state index in [9.17, 15) is 9.59 Å². The van der Waals surface area contributed by atoms with Gasteiger partial charge in [0.25, 0.3) is 5.91 Å². The standard InChI is InChI=1S/C31H37BrN2O3/c1-22(2)19-33-31(36)28(17-24-11-7-5-8-12-24)34(20-25-13-9-6-10-14-25)30(35)21-37-29-16-15-26(23(3)4)18-27(29)32/h5-16,18,22-23,28H,17,19-21H2,1-4H3,(H,33,36). The molecule has 3 aromatic rings. The summed E-state index contributed by atoms with van der Waals surface area (Å²) in [5, 5.41) is 3.04. The van der Waals surface area contributed by atoms with Crippen molar-refractivity contribution in [1.29, 1.82) is 0 Å². The summed E-state index contributed by atoms with van der Waals surface area (Å²) >= 11 is 3.57. The predicted octanol–water partition coefficient (Wildman–Crippen LogP) is 6.36. The fraction of sp³-hybridized carbons (Fsp3) is 0.355. The average molecular weight is 566 g/mol. The highest BCUT2D eigenvalue weighted by Crippen LogP contribution is 2.29. The van der Waals surface area contributed by atoms with Crippen LogP contribution >= 0.6 is 15.9 Å². The lowest BCUT2D eigenvalue weighted by Crippen LogP contribution is -2.52. The molecule has 1 atom stereocenters. The lowest BCUT2D eigenvalue weighted by atomic mass is 10.0. The number of ether oxygens (including phenoxy) is 1. The van der Waals surface area contributed by atoms with E-state index in [1.165, 1.54) is 5.56 Å². The van der Waals surface area contributed by atoms with Crippen LogP contribution in [0.15, 0.2) is 83.3 Å². The zero-order valence-corrected chi connectivity index (χ0v) is 23.7. The Balaban J connectivity index is 1.87. The highest BCUT2D eigenvalue weighted by Gasteiger charge is 2.30. The van der Waals surface area contributed by atoms with E-state index in [-0.39, 0.29) is 18.4 Å². The van der Waals surface area contributed by atoms with Gasteiger partial charge in [-0.1, -0.05) is 94.4 Å². The summed E-state index contributed by atoms with van der Waals surface area (Å²) in [5.74, 6) is 0.875. The van der Waals surface area contributed by atoms with Crippen LogP contribution in [0.3, 0.4) is 0 Å². The fourth-order valence-corrected chi connectivity index (χ4v) is 4.48. The van der Waals surface area contributed by atoms with E-state index in [1.54, 1.807) is 4.90 Å². The molecule has 3 aromatic carbocycles. The minimum Gasteiger partial charge on any atom is -0.483 e. The minimum atomic E-state index is -0.677. The number of nitrogens with one attached hydrogen (secondary N) is 1. The molecule has 0 spiro atoms. The van der Waals surface area contributed by atoms with Gasteiger partial charge in [-0.3, -0.25) is 9.59 Å². The Morgan fingerprint density at radius 3 is 2.08 bits per heavy atom. The molecule has 0 aromatic heterocycles. The molecule has 37 heavy (non-hydrogen) atoms. The molecule has 3 rings (SSSR count). The van der Waals surface area contributed by atoms with Gasteiger partial charge in [-0.05, 0) is 56.6 Å². The van der Waals surface area contributed by atoms with E-state index in [4.69, 9.17) is 4.74 Å². The topological polar surface area (TPSA) is 58.6 Å². The molecule has 196 valence electrons. The van der Waals surface area contributed by atoms with E-state index in [0.29, 0.717) is 37.1 Å². The van der Waals surface area contributed by atoms with Gasteiger partial charge < -0.3 is 15.0 Å². The van der Waals surface area contributed by atoms with Gasteiger partial charge in [0.1, 0.15) is 11.8 Å². The third kappa shape index (κ3) is 8.74. The predicted molar refractivity (Wildman–Crippen MR) is 152 cm³/mol. The Morgan fingerprint density at radius 1 is 0.892 bits per heavy atom. The molecule has 0 radical (unpaired) electrons. The molecule has 0 saturated heterocycles. The van der Waals surface area contributed by atoms with Crippen molar-refractivity contribution in [3.8, 4) is 5.75 Å². The molecule has 1 unspecified atom stereocenters. The first-order valence-electron chi connectivity index (χ1n) is 12.8. The van der Waals surface area contributed by atoms with Gasteiger partial charge in [0.15, 0.2) is 6.61 Å². The number of carbonyl (C=O) groups excluding carboxylic acids is 2. The number of benzene rings is 3. The van der Waals surface area contributed by atoms with Crippen molar-refractivity contribution in [2.45, 2.75) is 52.6 Å². The van der Waals surface area contributed by atoms with Crippen molar-refractivity contribution in [1.82, 2.24) is 10.2 Å². The van der Waals surface area contributed by atoms with Crippen LogP contribution in [0.2, 0.25) is 0 Å². The maximum Gasteiger partial charge on any atom is 0.261 e. The highest BCUT2D eigenvalue weighted by atomic mass is 79.9. The summed E-state index contributed by atoms with van der Waals surface area (Å²) in [4.78, 5) is 28.8. The quantitative estimate of drug-likeness (QED) is 0.278. The number of nitrogens with zero attached hydrogens (tertiary/aromatic N) is 1. The van der Waals surface area contributed by atoms with Gasteiger partial charge in [0.05, 0.1) is 4.47 Å². The lowest BCUT2D eigenvalue weighted by molar-refractivity contribution is -0.142. The second-order valence-corrected chi connectivity index (χ2v) is 10.8. The highest BCUT2D eigenvalue weighted by molar-refractivity contribution is 9.10. The van der Waals surface area contributed by atoms with E-state index < -0.39 is 6.04 Å². The molecule has 0 fully saturated rings. The average Bonchev–Trinajstić information content (AvgIpc) is 2.89. The van der Waals surface area contributed by atoms with Crippen LogP contribution in [0.5, 0.6) is 5.75 Å². The molecule has 0 aliphatic carbocycles. The van der Waals surface area contributed by atoms with Crippen LogP contribution in [-0.4, -0.2) is 35.9 Å². The van der Waals surface area contributed by atoms with Crippen LogP contribution in [0.25, 0.3) is 0 Å². The van der Waals surface area contributed by atoms with Crippen molar-refractivity contribution >= 4 is 27.7 Å². The molecule has 0 bridgehead atoms. The number of hydrogen-bond acceptors (Lipinski definition) is 3. The van der Waals surface area contributed by atoms with E-state index in [1.807, 2.05) is 78.9 Å². The van der Waals surface area contributed by atoms with E-state index >= 15 is 0 Å². The van der Waals surface area contributed by atoms with Crippen LogP contribution < -0.4 is 10.1 Å². The molecule has 6 heteroatoms. The summed E-state index contributed by atoms with van der Waals surface area (Å²) in [6.45, 7) is 9.04. The Morgan fingerprint density at radius 2 is 1.51 bits per heavy atom. The van der Waals surface area contributed by atoms with Crippen molar-refractivity contribution < 1.29 is 14.3 Å². The molecule has 0 heterocycles. The fourth-order valence-electron chi connectivity index (χ4n) is 3.97. The molecule has 0 aliphatic rings. The van der Waals surface area contributed by atoms with E-state index in [0.717, 1.165) is 15.6 Å². The normalized spacial score (nSPS) is 11.9. The van der Waals surface area contributed by atoms with Crippen molar-refractivity contribution in [3.05, 3.63) is 100 Å². The smallest absolute Gasteiger partial charge is 0.261 e. The van der Waals surface area contributed by atoms with Gasteiger partial charge in [-0.25, -0.2) is 0 Å². The van der Waals surface area contributed by atoms with Crippen LogP contribution in [-0.2, 0) is 22.6 Å². The summed E-state index contributed by atoms with van der Waals surface area (Å²) in [6, 6.07) is 24.8. The summed E-state index contributed by atoms with van der Waals surface area (Å²) in [6.07, 6.45) is 0.413. The first kappa shape index (κ1) is 28.5. The van der Waals surface area contributed by atoms with E-state index in [2.05, 4.69) is 48.9 Å². The van der Waals surface area contributed by atoms with Gasteiger partial charge in [0.2, 0.25) is 5.91 Å². The minimum absolute atomic E-state index is 0.163.